The van der Waals surface area contributed by atoms with Gasteiger partial charge in [0.1, 0.15) is 0 Å². The maximum atomic E-state index is 3.09. The molecule has 0 radical (unpaired) electrons. The van der Waals surface area contributed by atoms with Gasteiger partial charge < -0.3 is 0 Å². The molecule has 0 fully saturated rings. The van der Waals surface area contributed by atoms with Crippen molar-refractivity contribution < 1.29 is 0 Å². The van der Waals surface area contributed by atoms with Gasteiger partial charge in [-0.1, -0.05) is 55.5 Å². The van der Waals surface area contributed by atoms with Crippen molar-refractivity contribution in [1.29, 1.82) is 0 Å². The zero-order valence-corrected chi connectivity index (χ0v) is 12.1. The van der Waals surface area contributed by atoms with Gasteiger partial charge in [-0.05, 0) is 47.4 Å². The summed E-state index contributed by atoms with van der Waals surface area (Å²) in [6.45, 7) is 2.39. The van der Waals surface area contributed by atoms with Crippen LogP contribution in [0.3, 0.4) is 0 Å². The molecule has 4 bridgehead atoms. The highest BCUT2D eigenvalue weighted by atomic mass is 31.0. The molecule has 0 aliphatic heterocycles. The topological polar surface area (TPSA) is 0 Å². The summed E-state index contributed by atoms with van der Waals surface area (Å²) in [5, 5.41) is 0. The Morgan fingerprint density at radius 2 is 2.17 bits per heavy atom. The van der Waals surface area contributed by atoms with Crippen molar-refractivity contribution in [2.45, 2.75) is 31.8 Å². The van der Waals surface area contributed by atoms with Crippen molar-refractivity contribution in [1.82, 2.24) is 0 Å². The van der Waals surface area contributed by atoms with E-state index in [1.165, 1.54) is 17.6 Å². The van der Waals surface area contributed by atoms with E-state index in [9.17, 15) is 0 Å². The molecule has 0 aromatic carbocycles. The summed E-state index contributed by atoms with van der Waals surface area (Å²) in [5.74, 6) is 0.659. The first-order chi connectivity index (χ1) is 8.67. The van der Waals surface area contributed by atoms with E-state index in [1.807, 2.05) is 0 Å². The number of allylic oxidation sites excluding steroid dienone is 10. The maximum Gasteiger partial charge on any atom is -0.00290 e. The molecule has 0 heterocycles. The SMILES string of the molecule is C[C@@]12C=CCC(/C=C\C3=CC=C/C(=C/C1)C3)C2P. The number of hydrogen-bond donors (Lipinski definition) is 0. The molecule has 18 heavy (non-hydrogen) atoms. The Kier molecular flexibility index (Phi) is 3.16. The summed E-state index contributed by atoms with van der Waals surface area (Å²) in [5.41, 5.74) is 3.84. The third kappa shape index (κ3) is 2.19. The highest BCUT2D eigenvalue weighted by Gasteiger charge is 2.35. The Morgan fingerprint density at radius 1 is 1.28 bits per heavy atom. The molecule has 3 aliphatic rings. The summed E-state index contributed by atoms with van der Waals surface area (Å²) in [6, 6.07) is 0. The quantitative estimate of drug-likeness (QED) is 0.439. The van der Waals surface area contributed by atoms with Crippen LogP contribution in [-0.2, 0) is 0 Å². The van der Waals surface area contributed by atoms with Crippen LogP contribution in [-0.4, -0.2) is 5.66 Å². The number of rotatable bonds is 0. The van der Waals surface area contributed by atoms with Gasteiger partial charge in [-0.15, -0.1) is 9.24 Å². The summed E-state index contributed by atoms with van der Waals surface area (Å²) >= 11 is 0. The summed E-state index contributed by atoms with van der Waals surface area (Å²) < 4.78 is 0. The maximum absolute atomic E-state index is 3.09. The fourth-order valence-electron chi connectivity index (χ4n) is 3.15. The van der Waals surface area contributed by atoms with Crippen LogP contribution in [0.5, 0.6) is 0 Å². The molecule has 4 atom stereocenters. The summed E-state index contributed by atoms with van der Waals surface area (Å²) in [4.78, 5) is 0. The standard InChI is InChI=1S/C17H21P/c1-17-10-3-6-15(16(17)18)8-7-13-4-2-5-14(12-13)9-11-17/h2-5,7-10,15-16H,6,11-12,18H2,1H3/b8-7-,14-9-/t15?,16?,17-/m1/s1. The molecular weight excluding hydrogens is 235 g/mol. The van der Waals surface area contributed by atoms with Gasteiger partial charge in [-0.2, -0.15) is 0 Å². The van der Waals surface area contributed by atoms with E-state index in [2.05, 4.69) is 64.8 Å². The molecule has 0 saturated heterocycles. The van der Waals surface area contributed by atoms with E-state index >= 15 is 0 Å². The second-order valence-electron chi connectivity index (χ2n) is 5.95. The van der Waals surface area contributed by atoms with Crippen LogP contribution in [0.1, 0.15) is 26.2 Å². The van der Waals surface area contributed by atoms with Crippen LogP contribution in [0.4, 0.5) is 0 Å². The van der Waals surface area contributed by atoms with Crippen LogP contribution in [0.15, 0.2) is 59.8 Å². The van der Waals surface area contributed by atoms with Gasteiger partial charge in [-0.3, -0.25) is 0 Å². The van der Waals surface area contributed by atoms with E-state index in [4.69, 9.17) is 0 Å². The first-order valence-electron chi connectivity index (χ1n) is 6.85. The van der Waals surface area contributed by atoms with E-state index in [1.54, 1.807) is 0 Å². The lowest BCUT2D eigenvalue weighted by Crippen LogP contribution is -2.34. The van der Waals surface area contributed by atoms with Gasteiger partial charge >= 0.3 is 0 Å². The zero-order chi connectivity index (χ0) is 12.6. The molecular formula is C17H21P. The smallest absolute Gasteiger partial charge is 0.00290 e. The normalized spacial score (nSPS) is 42.8. The summed E-state index contributed by atoms with van der Waals surface area (Å²) in [6.07, 6.45) is 22.1. The molecule has 3 aliphatic carbocycles. The monoisotopic (exact) mass is 256 g/mol. The van der Waals surface area contributed by atoms with E-state index in [0.29, 0.717) is 11.6 Å². The molecule has 0 nitrogen and oxygen atoms in total. The molecule has 3 rings (SSSR count). The van der Waals surface area contributed by atoms with Crippen molar-refractivity contribution in [2.75, 3.05) is 0 Å². The minimum Gasteiger partial charge on any atom is -0.133 e. The largest absolute Gasteiger partial charge is 0.133 e. The molecule has 0 N–H and O–H groups in total. The fourth-order valence-corrected chi connectivity index (χ4v) is 3.68. The van der Waals surface area contributed by atoms with Gasteiger partial charge in [0, 0.05) is 0 Å². The lowest BCUT2D eigenvalue weighted by atomic mass is 9.71. The average molecular weight is 256 g/mol. The lowest BCUT2D eigenvalue weighted by molar-refractivity contribution is 0.338. The Bertz CT molecular complexity index is 490. The van der Waals surface area contributed by atoms with E-state index in [0.717, 1.165) is 12.8 Å². The molecule has 3 unspecified atom stereocenters. The lowest BCUT2D eigenvalue weighted by Gasteiger charge is -2.40. The van der Waals surface area contributed by atoms with Crippen LogP contribution < -0.4 is 0 Å². The number of hydrogen-bond acceptors (Lipinski definition) is 0. The van der Waals surface area contributed by atoms with Gasteiger partial charge in [0.15, 0.2) is 0 Å². The number of fused-ring (bicyclic) bond motifs is 4. The Balaban J connectivity index is 2.02. The van der Waals surface area contributed by atoms with Gasteiger partial charge in [0.05, 0.1) is 0 Å². The van der Waals surface area contributed by atoms with Crippen LogP contribution in [0.2, 0.25) is 0 Å². The molecule has 94 valence electrons. The average Bonchev–Trinajstić information content (AvgIpc) is 2.38. The van der Waals surface area contributed by atoms with Crippen LogP contribution in [0, 0.1) is 11.3 Å². The second-order valence-corrected chi connectivity index (χ2v) is 6.67. The predicted octanol–water partition coefficient (Wildman–Crippen LogP) is 4.59. The first kappa shape index (κ1) is 12.2. The third-order valence-electron chi connectivity index (χ3n) is 4.52. The minimum atomic E-state index is 0.289. The molecule has 0 aromatic heterocycles. The molecule has 0 spiro atoms. The van der Waals surface area contributed by atoms with Crippen molar-refractivity contribution >= 4 is 9.24 Å². The molecule has 0 aromatic rings. The predicted molar refractivity (Wildman–Crippen MR) is 82.5 cm³/mol. The van der Waals surface area contributed by atoms with Gasteiger partial charge in [0.2, 0.25) is 0 Å². The van der Waals surface area contributed by atoms with Gasteiger partial charge in [-0.25, -0.2) is 0 Å². The Hall–Kier alpha value is -0.870. The van der Waals surface area contributed by atoms with Crippen molar-refractivity contribution in [3.8, 4) is 0 Å². The minimum absolute atomic E-state index is 0.289. The van der Waals surface area contributed by atoms with E-state index in [-0.39, 0.29) is 5.41 Å². The Labute approximate surface area is 112 Å². The fraction of sp³-hybridized carbons (Fsp3) is 0.412. The van der Waals surface area contributed by atoms with Crippen molar-refractivity contribution in [2.24, 2.45) is 11.3 Å². The second kappa shape index (κ2) is 4.67. The van der Waals surface area contributed by atoms with E-state index < -0.39 is 0 Å². The highest BCUT2D eigenvalue weighted by molar-refractivity contribution is 7.17. The third-order valence-corrected chi connectivity index (χ3v) is 5.78. The summed E-state index contributed by atoms with van der Waals surface area (Å²) in [7, 11) is 3.09. The first-order valence-corrected chi connectivity index (χ1v) is 7.52. The highest BCUT2D eigenvalue weighted by Crippen LogP contribution is 2.44. The van der Waals surface area contributed by atoms with Gasteiger partial charge in [0.25, 0.3) is 0 Å². The molecule has 0 amide bonds. The molecule has 1 heteroatoms. The van der Waals surface area contributed by atoms with Crippen LogP contribution in [0.25, 0.3) is 0 Å². The van der Waals surface area contributed by atoms with Crippen molar-refractivity contribution in [3.05, 3.63) is 59.8 Å². The zero-order valence-electron chi connectivity index (χ0n) is 11.0. The van der Waals surface area contributed by atoms with Crippen molar-refractivity contribution in [3.63, 3.8) is 0 Å². The van der Waals surface area contributed by atoms with Crippen LogP contribution >= 0.6 is 9.24 Å². The molecule has 0 saturated carbocycles. The Morgan fingerprint density at radius 3 is 3.06 bits per heavy atom.